The molecule has 0 saturated carbocycles. The van der Waals surface area contributed by atoms with Crippen LogP contribution in [-0.4, -0.2) is 17.8 Å². The van der Waals surface area contributed by atoms with E-state index in [2.05, 4.69) is 0 Å². The third kappa shape index (κ3) is 3.87. The average Bonchev–Trinajstić information content (AvgIpc) is 3.15. The molecular weight excluding hydrogens is 334 g/mol. The molecule has 0 unspecified atom stereocenters. The van der Waals surface area contributed by atoms with E-state index in [1.54, 1.807) is 19.2 Å². The van der Waals surface area contributed by atoms with Crippen LogP contribution >= 0.6 is 0 Å². The highest BCUT2D eigenvalue weighted by Gasteiger charge is 2.10. The number of nitro groups is 1. The number of rotatable bonds is 6. The van der Waals surface area contributed by atoms with E-state index >= 15 is 0 Å². The third-order valence-electron chi connectivity index (χ3n) is 3.74. The summed E-state index contributed by atoms with van der Waals surface area (Å²) < 4.78 is 10.8. The van der Waals surface area contributed by atoms with Crippen molar-refractivity contribution >= 4 is 17.5 Å². The molecule has 130 valence electrons. The molecule has 0 atom stereocenters. The molecule has 6 nitrogen and oxygen atoms in total. The van der Waals surface area contributed by atoms with Gasteiger partial charge in [-0.2, -0.15) is 0 Å². The van der Waals surface area contributed by atoms with Crippen molar-refractivity contribution in [2.45, 2.75) is 0 Å². The summed E-state index contributed by atoms with van der Waals surface area (Å²) in [7, 11) is 1.60. The summed E-state index contributed by atoms with van der Waals surface area (Å²) in [6, 6.07) is 16.6. The number of nitro benzene ring substituents is 1. The van der Waals surface area contributed by atoms with Gasteiger partial charge in [0.25, 0.3) is 5.69 Å². The van der Waals surface area contributed by atoms with Gasteiger partial charge < -0.3 is 9.15 Å². The van der Waals surface area contributed by atoms with Crippen LogP contribution in [0.2, 0.25) is 0 Å². The second kappa shape index (κ2) is 7.48. The number of benzene rings is 2. The minimum absolute atomic E-state index is 0.121. The molecular formula is C20H15NO5. The molecule has 0 saturated heterocycles. The zero-order valence-corrected chi connectivity index (χ0v) is 13.9. The van der Waals surface area contributed by atoms with Crippen molar-refractivity contribution in [3.05, 3.63) is 88.2 Å². The first-order chi connectivity index (χ1) is 12.6. The molecule has 1 aromatic heterocycles. The van der Waals surface area contributed by atoms with E-state index in [9.17, 15) is 14.9 Å². The summed E-state index contributed by atoms with van der Waals surface area (Å²) in [5.74, 6) is 1.59. The van der Waals surface area contributed by atoms with E-state index in [-0.39, 0.29) is 17.0 Å². The Hall–Kier alpha value is -3.67. The fourth-order valence-electron chi connectivity index (χ4n) is 2.38. The Morgan fingerprint density at radius 1 is 1.12 bits per heavy atom. The topological polar surface area (TPSA) is 82.6 Å². The third-order valence-corrected chi connectivity index (χ3v) is 3.74. The quantitative estimate of drug-likeness (QED) is 0.277. The summed E-state index contributed by atoms with van der Waals surface area (Å²) in [6.45, 7) is 0. The molecule has 0 aliphatic carbocycles. The first kappa shape index (κ1) is 17.2. The SMILES string of the molecule is COc1ccc(-c2ccc(/C=C/C(=O)c3cccc([N+](=O)[O-])c3)o2)cc1. The van der Waals surface area contributed by atoms with Crippen LogP contribution in [0.1, 0.15) is 16.1 Å². The van der Waals surface area contributed by atoms with E-state index in [4.69, 9.17) is 9.15 Å². The summed E-state index contributed by atoms with van der Waals surface area (Å²) in [6.07, 6.45) is 2.86. The minimum atomic E-state index is -0.534. The Labute approximate surface area is 149 Å². The van der Waals surface area contributed by atoms with E-state index in [1.165, 1.54) is 36.4 Å². The van der Waals surface area contributed by atoms with Gasteiger partial charge in [0.15, 0.2) is 5.78 Å². The number of methoxy groups -OCH3 is 1. The van der Waals surface area contributed by atoms with Crippen molar-refractivity contribution < 1.29 is 18.9 Å². The first-order valence-corrected chi connectivity index (χ1v) is 7.78. The van der Waals surface area contributed by atoms with Gasteiger partial charge in [-0.05, 0) is 48.6 Å². The standard InChI is InChI=1S/C20H15NO5/c1-25-17-7-5-14(6-8-17)20-12-10-18(26-20)9-11-19(22)15-3-2-4-16(13-15)21(23)24/h2-13H,1H3/b11-9+. The van der Waals surface area contributed by atoms with Crippen molar-refractivity contribution in [3.63, 3.8) is 0 Å². The Morgan fingerprint density at radius 2 is 1.88 bits per heavy atom. The summed E-state index contributed by atoms with van der Waals surface area (Å²) in [5, 5.41) is 10.8. The fraction of sp³-hybridized carbons (Fsp3) is 0.0500. The zero-order chi connectivity index (χ0) is 18.5. The number of hydrogen-bond acceptors (Lipinski definition) is 5. The van der Waals surface area contributed by atoms with Crippen molar-refractivity contribution in [1.82, 2.24) is 0 Å². The smallest absolute Gasteiger partial charge is 0.270 e. The molecule has 0 aliphatic rings. The van der Waals surface area contributed by atoms with E-state index in [0.717, 1.165) is 11.3 Å². The van der Waals surface area contributed by atoms with Crippen LogP contribution < -0.4 is 4.74 Å². The molecule has 0 spiro atoms. The highest BCUT2D eigenvalue weighted by molar-refractivity contribution is 6.07. The lowest BCUT2D eigenvalue weighted by Gasteiger charge is -2.00. The second-order valence-electron chi connectivity index (χ2n) is 5.44. The molecule has 0 N–H and O–H groups in total. The number of carbonyl (C=O) groups is 1. The summed E-state index contributed by atoms with van der Waals surface area (Å²) in [5.41, 5.74) is 1.01. The van der Waals surface area contributed by atoms with Crippen LogP contribution in [-0.2, 0) is 0 Å². The fourth-order valence-corrected chi connectivity index (χ4v) is 2.38. The van der Waals surface area contributed by atoms with Crippen molar-refractivity contribution in [2.75, 3.05) is 7.11 Å². The predicted octanol–water partition coefficient (Wildman–Crippen LogP) is 4.76. The number of non-ortho nitro benzene ring substituents is 1. The van der Waals surface area contributed by atoms with Gasteiger partial charge in [-0.15, -0.1) is 0 Å². The second-order valence-corrected chi connectivity index (χ2v) is 5.44. The number of ether oxygens (including phenoxy) is 1. The molecule has 0 fully saturated rings. The Morgan fingerprint density at radius 3 is 2.58 bits per heavy atom. The largest absolute Gasteiger partial charge is 0.497 e. The van der Waals surface area contributed by atoms with Crippen LogP contribution in [0.15, 0.2) is 71.2 Å². The van der Waals surface area contributed by atoms with Gasteiger partial charge in [0.05, 0.1) is 12.0 Å². The molecule has 0 bridgehead atoms. The number of allylic oxidation sites excluding steroid dienone is 1. The lowest BCUT2D eigenvalue weighted by Crippen LogP contribution is -1.96. The molecule has 0 radical (unpaired) electrons. The minimum Gasteiger partial charge on any atom is -0.497 e. The van der Waals surface area contributed by atoms with Gasteiger partial charge in [0, 0.05) is 23.3 Å². The number of hydrogen-bond donors (Lipinski definition) is 0. The van der Waals surface area contributed by atoms with Gasteiger partial charge in [0.1, 0.15) is 17.3 Å². The van der Waals surface area contributed by atoms with Crippen molar-refractivity contribution in [1.29, 1.82) is 0 Å². The molecule has 3 rings (SSSR count). The normalized spacial score (nSPS) is 10.8. The highest BCUT2D eigenvalue weighted by atomic mass is 16.6. The first-order valence-electron chi connectivity index (χ1n) is 7.78. The van der Waals surface area contributed by atoms with E-state index in [1.807, 2.05) is 24.3 Å². The number of furan rings is 1. The van der Waals surface area contributed by atoms with Crippen LogP contribution in [0.25, 0.3) is 17.4 Å². The van der Waals surface area contributed by atoms with Gasteiger partial charge in [-0.1, -0.05) is 12.1 Å². The predicted molar refractivity (Wildman–Crippen MR) is 97.2 cm³/mol. The number of nitrogens with zero attached hydrogens (tertiary/aromatic N) is 1. The van der Waals surface area contributed by atoms with Crippen LogP contribution in [0.5, 0.6) is 5.75 Å². The molecule has 26 heavy (non-hydrogen) atoms. The molecule has 0 amide bonds. The maximum atomic E-state index is 12.2. The monoisotopic (exact) mass is 349 g/mol. The van der Waals surface area contributed by atoms with E-state index < -0.39 is 4.92 Å². The summed E-state index contributed by atoms with van der Waals surface area (Å²) in [4.78, 5) is 22.4. The van der Waals surface area contributed by atoms with E-state index in [0.29, 0.717) is 11.5 Å². The Bertz CT molecular complexity index is 970. The molecule has 0 aliphatic heterocycles. The summed E-state index contributed by atoms with van der Waals surface area (Å²) >= 11 is 0. The number of carbonyl (C=O) groups excluding carboxylic acids is 1. The van der Waals surface area contributed by atoms with Gasteiger partial charge >= 0.3 is 0 Å². The highest BCUT2D eigenvalue weighted by Crippen LogP contribution is 2.25. The number of ketones is 1. The van der Waals surface area contributed by atoms with Gasteiger partial charge in [0.2, 0.25) is 0 Å². The molecule has 3 aromatic rings. The van der Waals surface area contributed by atoms with Crippen LogP contribution in [0.3, 0.4) is 0 Å². The Balaban J connectivity index is 1.74. The molecule has 2 aromatic carbocycles. The zero-order valence-electron chi connectivity index (χ0n) is 13.9. The van der Waals surface area contributed by atoms with Crippen LogP contribution in [0, 0.1) is 10.1 Å². The molecule has 6 heteroatoms. The maximum absolute atomic E-state index is 12.2. The maximum Gasteiger partial charge on any atom is 0.270 e. The van der Waals surface area contributed by atoms with Crippen molar-refractivity contribution in [3.8, 4) is 17.1 Å². The van der Waals surface area contributed by atoms with Crippen molar-refractivity contribution in [2.24, 2.45) is 0 Å². The van der Waals surface area contributed by atoms with Gasteiger partial charge in [-0.3, -0.25) is 14.9 Å². The average molecular weight is 349 g/mol. The van der Waals surface area contributed by atoms with Gasteiger partial charge in [-0.25, -0.2) is 0 Å². The lowest BCUT2D eigenvalue weighted by atomic mass is 10.1. The lowest BCUT2D eigenvalue weighted by molar-refractivity contribution is -0.384. The van der Waals surface area contributed by atoms with Crippen LogP contribution in [0.4, 0.5) is 5.69 Å². The molecule has 1 heterocycles. The Kier molecular flexibility index (Phi) is 4.94.